The molecule has 5 heteroatoms. The largest absolute Gasteiger partial charge is 0.495 e. The molecule has 1 aliphatic heterocycles. The second kappa shape index (κ2) is 5.52. The molecule has 3 amide bonds. The van der Waals surface area contributed by atoms with Gasteiger partial charge in [0.15, 0.2) is 0 Å². The first-order chi connectivity index (χ1) is 10.6. The molecule has 2 aromatic carbocycles. The zero-order chi connectivity index (χ0) is 15.7. The van der Waals surface area contributed by atoms with Crippen molar-refractivity contribution < 1.29 is 14.3 Å². The molecule has 3 rings (SSSR count). The Hall–Kier alpha value is -2.82. The Morgan fingerprint density at radius 2 is 1.77 bits per heavy atom. The highest BCUT2D eigenvalue weighted by Crippen LogP contribution is 2.36. The standard InChI is InChI=1S/C17H16N2O3/c1-11-7-6-10-13(22-2)15(11)19-16(20)14(18-17(19)21)12-8-4-3-5-9-12/h3-10,14H,1-2H3,(H,18,21). The number of hydrogen-bond donors (Lipinski definition) is 1. The fraction of sp³-hybridized carbons (Fsp3) is 0.176. The Morgan fingerprint density at radius 3 is 2.45 bits per heavy atom. The lowest BCUT2D eigenvalue weighted by atomic mass is 10.1. The van der Waals surface area contributed by atoms with Crippen molar-refractivity contribution in [3.8, 4) is 5.75 Å². The average molecular weight is 296 g/mol. The number of carbonyl (C=O) groups excluding carboxylic acids is 2. The summed E-state index contributed by atoms with van der Waals surface area (Å²) < 4.78 is 5.30. The van der Waals surface area contributed by atoms with Gasteiger partial charge >= 0.3 is 6.03 Å². The van der Waals surface area contributed by atoms with Gasteiger partial charge in [0.25, 0.3) is 5.91 Å². The van der Waals surface area contributed by atoms with Crippen LogP contribution in [0.15, 0.2) is 48.5 Å². The Balaban J connectivity index is 2.03. The summed E-state index contributed by atoms with van der Waals surface area (Å²) in [7, 11) is 1.52. The van der Waals surface area contributed by atoms with E-state index in [-0.39, 0.29) is 5.91 Å². The van der Waals surface area contributed by atoms with E-state index in [1.54, 1.807) is 6.07 Å². The molecule has 1 unspecified atom stereocenters. The maximum Gasteiger partial charge on any atom is 0.329 e. The first kappa shape index (κ1) is 14.1. The monoisotopic (exact) mass is 296 g/mol. The lowest BCUT2D eigenvalue weighted by Gasteiger charge is -2.18. The number of aryl methyl sites for hydroxylation is 1. The zero-order valence-corrected chi connectivity index (χ0v) is 12.4. The van der Waals surface area contributed by atoms with Crippen LogP contribution in [0.2, 0.25) is 0 Å². The third kappa shape index (κ3) is 2.20. The number of urea groups is 1. The second-order valence-electron chi connectivity index (χ2n) is 5.09. The maximum absolute atomic E-state index is 12.7. The minimum absolute atomic E-state index is 0.302. The number of methoxy groups -OCH3 is 1. The highest BCUT2D eigenvalue weighted by atomic mass is 16.5. The van der Waals surface area contributed by atoms with Crippen LogP contribution in [0.3, 0.4) is 0 Å². The summed E-state index contributed by atoms with van der Waals surface area (Å²) in [6, 6.07) is 13.5. The van der Waals surface area contributed by atoms with Crippen molar-refractivity contribution >= 4 is 17.6 Å². The third-order valence-electron chi connectivity index (χ3n) is 3.72. The molecule has 1 saturated heterocycles. The number of amides is 3. The summed E-state index contributed by atoms with van der Waals surface area (Å²) in [6.07, 6.45) is 0. The highest BCUT2D eigenvalue weighted by molar-refractivity contribution is 6.22. The van der Waals surface area contributed by atoms with Gasteiger partial charge in [-0.3, -0.25) is 4.79 Å². The molecule has 22 heavy (non-hydrogen) atoms. The fourth-order valence-corrected chi connectivity index (χ4v) is 2.65. The second-order valence-corrected chi connectivity index (χ2v) is 5.09. The molecular formula is C17H16N2O3. The van der Waals surface area contributed by atoms with Gasteiger partial charge in [-0.05, 0) is 24.1 Å². The minimum atomic E-state index is -0.669. The molecule has 1 aliphatic rings. The van der Waals surface area contributed by atoms with Crippen LogP contribution in [0.1, 0.15) is 17.2 Å². The van der Waals surface area contributed by atoms with E-state index in [4.69, 9.17) is 4.74 Å². The van der Waals surface area contributed by atoms with Crippen molar-refractivity contribution in [1.82, 2.24) is 5.32 Å². The molecule has 1 atom stereocenters. The van der Waals surface area contributed by atoms with Crippen molar-refractivity contribution in [1.29, 1.82) is 0 Å². The van der Waals surface area contributed by atoms with E-state index in [0.717, 1.165) is 16.0 Å². The van der Waals surface area contributed by atoms with Crippen LogP contribution >= 0.6 is 0 Å². The van der Waals surface area contributed by atoms with E-state index >= 15 is 0 Å². The Morgan fingerprint density at radius 1 is 1.05 bits per heavy atom. The summed E-state index contributed by atoms with van der Waals surface area (Å²) in [5.41, 5.74) is 2.05. The van der Waals surface area contributed by atoms with Gasteiger partial charge < -0.3 is 10.1 Å². The first-order valence-electron chi connectivity index (χ1n) is 6.96. The van der Waals surface area contributed by atoms with Gasteiger partial charge in [0, 0.05) is 0 Å². The van der Waals surface area contributed by atoms with E-state index in [9.17, 15) is 9.59 Å². The van der Waals surface area contributed by atoms with Gasteiger partial charge in [-0.15, -0.1) is 0 Å². The lowest BCUT2D eigenvalue weighted by molar-refractivity contribution is -0.118. The summed E-state index contributed by atoms with van der Waals surface area (Å²) in [5, 5.41) is 2.73. The van der Waals surface area contributed by atoms with Crippen molar-refractivity contribution in [2.24, 2.45) is 0 Å². The van der Waals surface area contributed by atoms with Crippen molar-refractivity contribution in [2.45, 2.75) is 13.0 Å². The Kier molecular flexibility index (Phi) is 3.55. The number of para-hydroxylation sites is 1. The van der Waals surface area contributed by atoms with Gasteiger partial charge in [0.2, 0.25) is 0 Å². The van der Waals surface area contributed by atoms with Crippen LogP contribution in [0.5, 0.6) is 5.75 Å². The van der Waals surface area contributed by atoms with Gasteiger partial charge in [-0.2, -0.15) is 0 Å². The number of nitrogens with zero attached hydrogens (tertiary/aromatic N) is 1. The molecule has 0 bridgehead atoms. The molecule has 0 radical (unpaired) electrons. The van der Waals surface area contributed by atoms with E-state index < -0.39 is 12.1 Å². The minimum Gasteiger partial charge on any atom is -0.495 e. The molecule has 2 aromatic rings. The molecule has 0 saturated carbocycles. The number of ether oxygens (including phenoxy) is 1. The molecule has 5 nitrogen and oxygen atoms in total. The first-order valence-corrected chi connectivity index (χ1v) is 6.96. The van der Waals surface area contributed by atoms with Crippen LogP contribution in [-0.4, -0.2) is 19.0 Å². The predicted molar refractivity (Wildman–Crippen MR) is 82.9 cm³/mol. The molecule has 0 aromatic heterocycles. The molecule has 1 fully saturated rings. The fourth-order valence-electron chi connectivity index (χ4n) is 2.65. The van der Waals surface area contributed by atoms with E-state index in [1.165, 1.54) is 7.11 Å². The van der Waals surface area contributed by atoms with E-state index in [0.29, 0.717) is 11.4 Å². The SMILES string of the molecule is COc1cccc(C)c1N1C(=O)NC(c2ccccc2)C1=O. The summed E-state index contributed by atoms with van der Waals surface area (Å²) >= 11 is 0. The van der Waals surface area contributed by atoms with Gasteiger partial charge in [-0.1, -0.05) is 42.5 Å². The molecule has 0 aliphatic carbocycles. The van der Waals surface area contributed by atoms with Gasteiger partial charge in [0.05, 0.1) is 12.8 Å². The lowest BCUT2D eigenvalue weighted by Crippen LogP contribution is -2.31. The highest BCUT2D eigenvalue weighted by Gasteiger charge is 2.41. The van der Waals surface area contributed by atoms with Gasteiger partial charge in [-0.25, -0.2) is 9.69 Å². The van der Waals surface area contributed by atoms with Crippen LogP contribution < -0.4 is 15.0 Å². The summed E-state index contributed by atoms with van der Waals surface area (Å²) in [4.78, 5) is 26.2. The van der Waals surface area contributed by atoms with Crippen LogP contribution in [0.25, 0.3) is 0 Å². The van der Waals surface area contributed by atoms with Crippen molar-refractivity contribution in [3.05, 3.63) is 59.7 Å². The number of hydrogen-bond acceptors (Lipinski definition) is 3. The molecule has 112 valence electrons. The van der Waals surface area contributed by atoms with Crippen LogP contribution in [0, 0.1) is 6.92 Å². The summed E-state index contributed by atoms with van der Waals surface area (Å²) in [5.74, 6) is 0.195. The molecule has 1 heterocycles. The number of benzene rings is 2. The summed E-state index contributed by atoms with van der Waals surface area (Å²) in [6.45, 7) is 1.84. The van der Waals surface area contributed by atoms with Crippen LogP contribution in [-0.2, 0) is 4.79 Å². The number of imide groups is 1. The maximum atomic E-state index is 12.7. The van der Waals surface area contributed by atoms with E-state index in [1.807, 2.05) is 49.4 Å². The third-order valence-corrected chi connectivity index (χ3v) is 3.72. The predicted octanol–water partition coefficient (Wildman–Crippen LogP) is 2.80. The normalized spacial score (nSPS) is 17.5. The van der Waals surface area contributed by atoms with Gasteiger partial charge in [0.1, 0.15) is 11.8 Å². The van der Waals surface area contributed by atoms with Crippen molar-refractivity contribution in [2.75, 3.05) is 12.0 Å². The number of carbonyl (C=O) groups is 2. The Labute approximate surface area is 128 Å². The Bertz CT molecular complexity index is 728. The quantitative estimate of drug-likeness (QED) is 0.886. The molecular weight excluding hydrogens is 280 g/mol. The number of anilines is 1. The van der Waals surface area contributed by atoms with E-state index in [2.05, 4.69) is 5.32 Å². The average Bonchev–Trinajstić information content (AvgIpc) is 2.83. The molecule has 1 N–H and O–H groups in total. The van der Waals surface area contributed by atoms with Crippen molar-refractivity contribution in [3.63, 3.8) is 0 Å². The zero-order valence-electron chi connectivity index (χ0n) is 12.4. The number of rotatable bonds is 3. The topological polar surface area (TPSA) is 58.6 Å². The van der Waals surface area contributed by atoms with Crippen LogP contribution in [0.4, 0.5) is 10.5 Å². The number of nitrogens with one attached hydrogen (secondary N) is 1. The smallest absolute Gasteiger partial charge is 0.329 e. The molecule has 0 spiro atoms.